The van der Waals surface area contributed by atoms with Crippen LogP contribution in [0.4, 0.5) is 4.39 Å². The van der Waals surface area contributed by atoms with Crippen molar-refractivity contribution in [3.8, 4) is 5.75 Å². The predicted molar refractivity (Wildman–Crippen MR) is 83.4 cm³/mol. The van der Waals surface area contributed by atoms with Crippen LogP contribution in [-0.4, -0.2) is 7.11 Å². The molecule has 0 radical (unpaired) electrons. The number of hydrogen-bond donors (Lipinski definition) is 2. The molecule has 1 fully saturated rings. The van der Waals surface area contributed by atoms with Crippen molar-refractivity contribution >= 4 is 0 Å². The summed E-state index contributed by atoms with van der Waals surface area (Å²) in [6.07, 6.45) is 7.25. The summed E-state index contributed by atoms with van der Waals surface area (Å²) >= 11 is 0. The molecule has 118 valence electrons. The van der Waals surface area contributed by atoms with E-state index >= 15 is 0 Å². The van der Waals surface area contributed by atoms with Gasteiger partial charge >= 0.3 is 0 Å². The van der Waals surface area contributed by atoms with Crippen molar-refractivity contribution in [3.05, 3.63) is 29.6 Å². The molecule has 0 aliphatic heterocycles. The Morgan fingerprint density at radius 1 is 1.33 bits per heavy atom. The Balaban J connectivity index is 2.06. The summed E-state index contributed by atoms with van der Waals surface area (Å²) in [5.74, 6) is 7.26. The zero-order chi connectivity index (χ0) is 15.2. The Hall–Kier alpha value is -1.13. The van der Waals surface area contributed by atoms with Crippen LogP contribution >= 0.6 is 0 Å². The SMILES string of the molecule is CCCC1CCC(C(NN)c2ccc(OC)cc2F)CC1. The van der Waals surface area contributed by atoms with E-state index in [-0.39, 0.29) is 11.9 Å². The highest BCUT2D eigenvalue weighted by molar-refractivity contribution is 5.31. The summed E-state index contributed by atoms with van der Waals surface area (Å²) in [4.78, 5) is 0. The van der Waals surface area contributed by atoms with Gasteiger partial charge in [-0.3, -0.25) is 11.3 Å². The quantitative estimate of drug-likeness (QED) is 0.617. The van der Waals surface area contributed by atoms with Gasteiger partial charge in [-0.05, 0) is 30.7 Å². The van der Waals surface area contributed by atoms with Gasteiger partial charge in [-0.2, -0.15) is 0 Å². The van der Waals surface area contributed by atoms with Crippen molar-refractivity contribution in [2.45, 2.75) is 51.5 Å². The van der Waals surface area contributed by atoms with E-state index < -0.39 is 0 Å². The zero-order valence-electron chi connectivity index (χ0n) is 13.1. The maximum atomic E-state index is 14.3. The van der Waals surface area contributed by atoms with Gasteiger partial charge in [-0.1, -0.05) is 38.7 Å². The summed E-state index contributed by atoms with van der Waals surface area (Å²) in [6.45, 7) is 2.24. The van der Waals surface area contributed by atoms with Crippen molar-refractivity contribution in [3.63, 3.8) is 0 Å². The number of nitrogens with one attached hydrogen (secondary N) is 1. The summed E-state index contributed by atoms with van der Waals surface area (Å²) in [7, 11) is 1.54. The van der Waals surface area contributed by atoms with Gasteiger partial charge in [-0.15, -0.1) is 0 Å². The van der Waals surface area contributed by atoms with Gasteiger partial charge in [0, 0.05) is 11.6 Å². The van der Waals surface area contributed by atoms with E-state index in [0.29, 0.717) is 17.2 Å². The van der Waals surface area contributed by atoms with E-state index in [1.54, 1.807) is 19.2 Å². The predicted octanol–water partition coefficient (Wildman–Crippen LogP) is 3.95. The molecule has 1 atom stereocenters. The number of hydrogen-bond acceptors (Lipinski definition) is 3. The van der Waals surface area contributed by atoms with Crippen LogP contribution in [0, 0.1) is 17.7 Å². The number of nitrogens with two attached hydrogens (primary N) is 1. The zero-order valence-corrected chi connectivity index (χ0v) is 13.1. The normalized spacial score (nSPS) is 23.8. The second kappa shape index (κ2) is 7.76. The van der Waals surface area contributed by atoms with Crippen LogP contribution in [0.3, 0.4) is 0 Å². The van der Waals surface area contributed by atoms with Crippen LogP contribution in [0.25, 0.3) is 0 Å². The third-order valence-corrected chi connectivity index (χ3v) is 4.78. The lowest BCUT2D eigenvalue weighted by Crippen LogP contribution is -2.36. The minimum Gasteiger partial charge on any atom is -0.497 e. The maximum Gasteiger partial charge on any atom is 0.131 e. The molecule has 1 unspecified atom stereocenters. The number of ether oxygens (including phenoxy) is 1. The van der Waals surface area contributed by atoms with Gasteiger partial charge < -0.3 is 4.74 Å². The molecule has 0 saturated heterocycles. The minimum absolute atomic E-state index is 0.113. The second-order valence-corrected chi connectivity index (χ2v) is 6.10. The van der Waals surface area contributed by atoms with E-state index in [2.05, 4.69) is 12.3 Å². The maximum absolute atomic E-state index is 14.3. The molecular formula is C17H27FN2O. The lowest BCUT2D eigenvalue weighted by molar-refractivity contribution is 0.212. The standard InChI is InChI=1S/C17H27FN2O/c1-3-4-12-5-7-13(8-6-12)17(20-19)15-10-9-14(21-2)11-16(15)18/h9-13,17,20H,3-8,19H2,1-2H3. The van der Waals surface area contributed by atoms with Gasteiger partial charge in [-0.25, -0.2) is 4.39 Å². The van der Waals surface area contributed by atoms with Crippen LogP contribution in [0.5, 0.6) is 5.75 Å². The van der Waals surface area contributed by atoms with Crippen LogP contribution < -0.4 is 16.0 Å². The van der Waals surface area contributed by atoms with E-state index in [4.69, 9.17) is 10.6 Å². The molecule has 0 spiro atoms. The largest absolute Gasteiger partial charge is 0.497 e. The van der Waals surface area contributed by atoms with Crippen molar-refractivity contribution in [2.24, 2.45) is 17.7 Å². The minimum atomic E-state index is -0.243. The smallest absolute Gasteiger partial charge is 0.131 e. The molecule has 4 heteroatoms. The van der Waals surface area contributed by atoms with Gasteiger partial charge in [0.1, 0.15) is 11.6 Å². The Morgan fingerprint density at radius 2 is 2.05 bits per heavy atom. The van der Waals surface area contributed by atoms with Crippen LogP contribution in [-0.2, 0) is 0 Å². The summed E-state index contributed by atoms with van der Waals surface area (Å²) in [5.41, 5.74) is 3.48. The molecule has 0 amide bonds. The number of halogens is 1. The summed E-state index contributed by atoms with van der Waals surface area (Å²) < 4.78 is 19.3. The molecule has 3 nitrogen and oxygen atoms in total. The van der Waals surface area contributed by atoms with E-state index in [9.17, 15) is 4.39 Å². The Morgan fingerprint density at radius 3 is 2.57 bits per heavy atom. The molecular weight excluding hydrogens is 267 g/mol. The van der Waals surface area contributed by atoms with Crippen molar-refractivity contribution in [2.75, 3.05) is 7.11 Å². The van der Waals surface area contributed by atoms with Crippen LogP contribution in [0.1, 0.15) is 57.1 Å². The third kappa shape index (κ3) is 3.95. The average Bonchev–Trinajstić information content (AvgIpc) is 2.51. The molecule has 0 heterocycles. The highest BCUT2D eigenvalue weighted by Crippen LogP contribution is 2.39. The van der Waals surface area contributed by atoms with Gasteiger partial charge in [0.2, 0.25) is 0 Å². The molecule has 21 heavy (non-hydrogen) atoms. The molecule has 0 aromatic heterocycles. The number of methoxy groups -OCH3 is 1. The first-order valence-electron chi connectivity index (χ1n) is 7.99. The first-order chi connectivity index (χ1) is 10.2. The number of hydrazine groups is 1. The molecule has 1 aliphatic carbocycles. The monoisotopic (exact) mass is 294 g/mol. The fourth-order valence-electron chi connectivity index (χ4n) is 3.59. The average molecular weight is 294 g/mol. The van der Waals surface area contributed by atoms with Gasteiger partial charge in [0.15, 0.2) is 0 Å². The first-order valence-corrected chi connectivity index (χ1v) is 7.99. The van der Waals surface area contributed by atoms with Gasteiger partial charge in [0.25, 0.3) is 0 Å². The molecule has 1 aliphatic rings. The summed E-state index contributed by atoms with van der Waals surface area (Å²) in [5, 5.41) is 0. The fourth-order valence-corrected chi connectivity index (χ4v) is 3.59. The van der Waals surface area contributed by atoms with E-state index in [1.807, 2.05) is 0 Å². The molecule has 1 aromatic rings. The Kier molecular flexibility index (Phi) is 6.00. The first kappa shape index (κ1) is 16.2. The molecule has 0 bridgehead atoms. The highest BCUT2D eigenvalue weighted by atomic mass is 19.1. The lowest BCUT2D eigenvalue weighted by atomic mass is 9.75. The van der Waals surface area contributed by atoms with E-state index in [0.717, 1.165) is 18.8 Å². The number of benzene rings is 1. The van der Waals surface area contributed by atoms with Crippen LogP contribution in [0.2, 0.25) is 0 Å². The fraction of sp³-hybridized carbons (Fsp3) is 0.647. The topological polar surface area (TPSA) is 47.3 Å². The Bertz CT molecular complexity index is 444. The lowest BCUT2D eigenvalue weighted by Gasteiger charge is -2.34. The van der Waals surface area contributed by atoms with Crippen molar-refractivity contribution < 1.29 is 9.13 Å². The highest BCUT2D eigenvalue weighted by Gasteiger charge is 2.29. The Labute approximate surface area is 127 Å². The molecule has 1 saturated carbocycles. The second-order valence-electron chi connectivity index (χ2n) is 6.10. The van der Waals surface area contributed by atoms with Gasteiger partial charge in [0.05, 0.1) is 13.2 Å². The third-order valence-electron chi connectivity index (χ3n) is 4.78. The van der Waals surface area contributed by atoms with Crippen molar-refractivity contribution in [1.82, 2.24) is 5.43 Å². The summed E-state index contributed by atoms with van der Waals surface area (Å²) in [6, 6.07) is 4.91. The molecule has 2 rings (SSSR count). The molecule has 1 aromatic carbocycles. The molecule has 3 N–H and O–H groups in total. The van der Waals surface area contributed by atoms with E-state index in [1.165, 1.54) is 31.7 Å². The van der Waals surface area contributed by atoms with Crippen LogP contribution in [0.15, 0.2) is 18.2 Å². The van der Waals surface area contributed by atoms with Crippen molar-refractivity contribution in [1.29, 1.82) is 0 Å². The number of rotatable bonds is 6.